The van der Waals surface area contributed by atoms with Crippen LogP contribution in [0.15, 0.2) is 66.8 Å². The number of nitrogens with one attached hydrogen (secondary N) is 1. The maximum Gasteiger partial charge on any atom is 0.412 e. The second-order valence-corrected chi connectivity index (χ2v) is 7.05. The van der Waals surface area contributed by atoms with Crippen LogP contribution in [0.3, 0.4) is 0 Å². The molecule has 1 saturated carbocycles. The Morgan fingerprint density at radius 1 is 1.24 bits per heavy atom. The number of carbonyl (C=O) groups is 1. The van der Waals surface area contributed by atoms with Gasteiger partial charge in [0.05, 0.1) is 5.69 Å². The maximum atomic E-state index is 12.4. The van der Waals surface area contributed by atoms with Gasteiger partial charge >= 0.3 is 6.09 Å². The number of ether oxygens (including phenoxy) is 1. The third-order valence-corrected chi connectivity index (χ3v) is 5.43. The third kappa shape index (κ3) is 3.32. The third-order valence-electron chi connectivity index (χ3n) is 5.43. The van der Waals surface area contributed by atoms with Crippen LogP contribution in [0.4, 0.5) is 10.5 Å². The number of hydrogen-bond acceptors (Lipinski definition) is 2. The molecule has 3 nitrogen and oxygen atoms in total. The first-order valence-corrected chi connectivity index (χ1v) is 9.01. The topological polar surface area (TPSA) is 38.3 Å². The summed E-state index contributed by atoms with van der Waals surface area (Å²) in [6.45, 7) is 3.84. The largest absolute Gasteiger partial charge is 0.441 e. The van der Waals surface area contributed by atoms with E-state index in [0.29, 0.717) is 5.92 Å². The van der Waals surface area contributed by atoms with Crippen LogP contribution in [-0.2, 0) is 4.74 Å². The highest BCUT2D eigenvalue weighted by molar-refractivity contribution is 6.00. The molecule has 2 aliphatic rings. The Bertz CT molecular complexity index is 834. The van der Waals surface area contributed by atoms with Crippen molar-refractivity contribution in [2.24, 2.45) is 11.8 Å². The normalized spacial score (nSPS) is 22.5. The highest BCUT2D eigenvalue weighted by atomic mass is 16.6. The lowest BCUT2D eigenvalue weighted by atomic mass is 9.94. The van der Waals surface area contributed by atoms with E-state index in [1.165, 1.54) is 24.8 Å². The van der Waals surface area contributed by atoms with E-state index in [2.05, 4.69) is 18.0 Å². The number of fused-ring (bicyclic) bond motifs is 3. The molecule has 2 aromatic carbocycles. The molecule has 1 amide bonds. The lowest BCUT2D eigenvalue weighted by molar-refractivity contribution is 0.133. The Hall–Kier alpha value is -2.55. The molecule has 0 aromatic heterocycles. The van der Waals surface area contributed by atoms with Crippen molar-refractivity contribution in [1.29, 1.82) is 0 Å². The van der Waals surface area contributed by atoms with Crippen molar-refractivity contribution in [2.45, 2.75) is 31.8 Å². The molecule has 3 atom stereocenters. The van der Waals surface area contributed by atoms with Gasteiger partial charge in [0.25, 0.3) is 0 Å². The van der Waals surface area contributed by atoms with E-state index < -0.39 is 6.09 Å². The van der Waals surface area contributed by atoms with E-state index in [1.807, 2.05) is 42.5 Å². The van der Waals surface area contributed by atoms with E-state index in [-0.39, 0.29) is 6.10 Å². The summed E-state index contributed by atoms with van der Waals surface area (Å²) in [5.41, 5.74) is 2.21. The van der Waals surface area contributed by atoms with E-state index in [0.717, 1.165) is 28.8 Å². The molecule has 2 aliphatic carbocycles. The van der Waals surface area contributed by atoms with Gasteiger partial charge in [0.15, 0.2) is 0 Å². The standard InChI is InChI=1S/C22H23NO2/c1-2-19(14-18-13-15-10-11-17(18)12-15)25-22(24)23-21-9-5-7-16-6-3-4-8-20(16)21/h2-9,13,15,17,19H,1,10-12,14H2,(H,23,24)/t15-,17-,19-/m0/s1. The molecule has 2 bridgehead atoms. The predicted octanol–water partition coefficient (Wildman–Crippen LogP) is 5.69. The first-order valence-electron chi connectivity index (χ1n) is 9.01. The summed E-state index contributed by atoms with van der Waals surface area (Å²) in [5, 5.41) is 4.98. The van der Waals surface area contributed by atoms with Crippen molar-refractivity contribution in [3.8, 4) is 0 Å². The minimum Gasteiger partial charge on any atom is -0.441 e. The van der Waals surface area contributed by atoms with Crippen molar-refractivity contribution in [3.63, 3.8) is 0 Å². The molecule has 0 unspecified atom stereocenters. The van der Waals surface area contributed by atoms with Crippen LogP contribution < -0.4 is 5.32 Å². The van der Waals surface area contributed by atoms with Crippen molar-refractivity contribution >= 4 is 22.6 Å². The van der Waals surface area contributed by atoms with Crippen molar-refractivity contribution < 1.29 is 9.53 Å². The van der Waals surface area contributed by atoms with Crippen LogP contribution in [-0.4, -0.2) is 12.2 Å². The zero-order chi connectivity index (χ0) is 17.2. The second-order valence-electron chi connectivity index (χ2n) is 7.05. The monoisotopic (exact) mass is 333 g/mol. The fourth-order valence-corrected chi connectivity index (χ4v) is 4.19. The number of anilines is 1. The zero-order valence-corrected chi connectivity index (χ0v) is 14.3. The van der Waals surface area contributed by atoms with Gasteiger partial charge in [0, 0.05) is 11.8 Å². The zero-order valence-electron chi connectivity index (χ0n) is 14.3. The Kier molecular flexibility index (Phi) is 4.31. The molecular weight excluding hydrogens is 310 g/mol. The summed E-state index contributed by atoms with van der Waals surface area (Å²) < 4.78 is 5.61. The second kappa shape index (κ2) is 6.75. The predicted molar refractivity (Wildman–Crippen MR) is 102 cm³/mol. The average molecular weight is 333 g/mol. The average Bonchev–Trinajstić information content (AvgIpc) is 3.24. The number of allylic oxidation sites excluding steroid dienone is 1. The van der Waals surface area contributed by atoms with Crippen molar-refractivity contribution in [3.05, 3.63) is 66.8 Å². The number of carbonyl (C=O) groups excluding carboxylic acids is 1. The van der Waals surface area contributed by atoms with Gasteiger partial charge in [0.2, 0.25) is 0 Å². The molecule has 25 heavy (non-hydrogen) atoms. The van der Waals surface area contributed by atoms with Crippen LogP contribution in [0.5, 0.6) is 0 Å². The summed E-state index contributed by atoms with van der Waals surface area (Å²) >= 11 is 0. The summed E-state index contributed by atoms with van der Waals surface area (Å²) in [7, 11) is 0. The molecule has 0 saturated heterocycles. The van der Waals surface area contributed by atoms with Gasteiger partial charge in [-0.2, -0.15) is 0 Å². The van der Waals surface area contributed by atoms with Gasteiger partial charge in [-0.15, -0.1) is 0 Å². The maximum absolute atomic E-state index is 12.4. The molecule has 3 heteroatoms. The van der Waals surface area contributed by atoms with Crippen molar-refractivity contribution in [2.75, 3.05) is 5.32 Å². The van der Waals surface area contributed by atoms with E-state index in [4.69, 9.17) is 4.74 Å². The molecule has 0 radical (unpaired) electrons. The van der Waals surface area contributed by atoms with Gasteiger partial charge in [-0.25, -0.2) is 4.79 Å². The van der Waals surface area contributed by atoms with E-state index in [9.17, 15) is 4.79 Å². The molecular formula is C22H23NO2. The SMILES string of the molecule is C=C[C@@H](CC1=C[C@H]2CC[C@H]1C2)OC(=O)Nc1cccc2ccccc12. The Morgan fingerprint density at radius 3 is 2.84 bits per heavy atom. The minimum absolute atomic E-state index is 0.277. The van der Waals surface area contributed by atoms with Gasteiger partial charge in [-0.05, 0) is 42.6 Å². The molecule has 1 N–H and O–H groups in total. The summed E-state index contributed by atoms with van der Waals surface area (Å²) in [5.74, 6) is 1.44. The Labute approximate surface area is 148 Å². The molecule has 128 valence electrons. The molecule has 4 rings (SSSR count). The highest BCUT2D eigenvalue weighted by Crippen LogP contribution is 2.45. The van der Waals surface area contributed by atoms with Gasteiger partial charge in [-0.1, -0.05) is 60.7 Å². The van der Waals surface area contributed by atoms with E-state index in [1.54, 1.807) is 6.08 Å². The van der Waals surface area contributed by atoms with Crippen LogP contribution >= 0.6 is 0 Å². The highest BCUT2D eigenvalue weighted by Gasteiger charge is 2.33. The fraction of sp³-hybridized carbons (Fsp3) is 0.318. The quantitative estimate of drug-likeness (QED) is 0.714. The number of rotatable bonds is 5. The molecule has 0 aliphatic heterocycles. The Morgan fingerprint density at radius 2 is 2.08 bits per heavy atom. The van der Waals surface area contributed by atoms with E-state index >= 15 is 0 Å². The first-order chi connectivity index (χ1) is 12.2. The lowest BCUT2D eigenvalue weighted by Crippen LogP contribution is -2.22. The summed E-state index contributed by atoms with van der Waals surface area (Å²) in [4.78, 5) is 12.4. The molecule has 1 fully saturated rings. The lowest BCUT2D eigenvalue weighted by Gasteiger charge is -2.19. The summed E-state index contributed by atoms with van der Waals surface area (Å²) in [6, 6.07) is 13.8. The molecule has 2 aromatic rings. The number of hydrogen-bond donors (Lipinski definition) is 1. The Balaban J connectivity index is 1.42. The van der Waals surface area contributed by atoms with Crippen LogP contribution in [0.25, 0.3) is 10.8 Å². The van der Waals surface area contributed by atoms with Crippen LogP contribution in [0, 0.1) is 11.8 Å². The minimum atomic E-state index is -0.426. The number of benzene rings is 2. The van der Waals surface area contributed by atoms with Crippen LogP contribution in [0.1, 0.15) is 25.7 Å². The van der Waals surface area contributed by atoms with Crippen molar-refractivity contribution in [1.82, 2.24) is 0 Å². The first kappa shape index (κ1) is 15.9. The molecule has 0 heterocycles. The smallest absolute Gasteiger partial charge is 0.412 e. The molecule has 0 spiro atoms. The van der Waals surface area contributed by atoms with Gasteiger partial charge in [-0.3, -0.25) is 5.32 Å². The van der Waals surface area contributed by atoms with Gasteiger partial charge < -0.3 is 4.74 Å². The number of amides is 1. The fourth-order valence-electron chi connectivity index (χ4n) is 4.19. The van der Waals surface area contributed by atoms with Gasteiger partial charge in [0.1, 0.15) is 6.10 Å². The summed E-state index contributed by atoms with van der Waals surface area (Å²) in [6.07, 6.45) is 8.06. The van der Waals surface area contributed by atoms with Crippen LogP contribution in [0.2, 0.25) is 0 Å².